The summed E-state index contributed by atoms with van der Waals surface area (Å²) in [6.07, 6.45) is 6.06. The lowest BCUT2D eigenvalue weighted by molar-refractivity contribution is 0.0651. The number of unbranched alkanes of at least 4 members (excludes halogenated alkanes) is 5. The van der Waals surface area contributed by atoms with E-state index in [4.69, 9.17) is 15.2 Å². The molecule has 1 aliphatic rings. The molecular formula is C23H28N2O4. The Balaban J connectivity index is 1.27. The van der Waals surface area contributed by atoms with Gasteiger partial charge >= 0.3 is 0 Å². The van der Waals surface area contributed by atoms with Gasteiger partial charge < -0.3 is 15.2 Å². The maximum absolute atomic E-state index is 12.3. The summed E-state index contributed by atoms with van der Waals surface area (Å²) in [6, 6.07) is 12.4. The molecule has 0 aromatic heterocycles. The number of amides is 2. The molecule has 6 nitrogen and oxygen atoms in total. The number of nitrogens with two attached hydrogens (primary N) is 1. The molecule has 0 aliphatic carbocycles. The average molecular weight is 396 g/mol. The molecule has 0 fully saturated rings. The van der Waals surface area contributed by atoms with Gasteiger partial charge in [0.15, 0.2) is 11.5 Å². The van der Waals surface area contributed by atoms with E-state index < -0.39 is 0 Å². The molecule has 0 saturated heterocycles. The van der Waals surface area contributed by atoms with Crippen LogP contribution in [-0.4, -0.2) is 37.0 Å². The van der Waals surface area contributed by atoms with E-state index in [1.54, 1.807) is 43.5 Å². The van der Waals surface area contributed by atoms with Crippen LogP contribution in [0.3, 0.4) is 0 Å². The predicted molar refractivity (Wildman–Crippen MR) is 112 cm³/mol. The van der Waals surface area contributed by atoms with Gasteiger partial charge in [0.05, 0.1) is 24.8 Å². The van der Waals surface area contributed by atoms with Crippen molar-refractivity contribution in [3.63, 3.8) is 0 Å². The Hall–Kier alpha value is -3.02. The third kappa shape index (κ3) is 5.08. The number of nitrogens with zero attached hydrogens (tertiary/aromatic N) is 1. The summed E-state index contributed by atoms with van der Waals surface area (Å²) in [4.78, 5) is 26.0. The van der Waals surface area contributed by atoms with Crippen molar-refractivity contribution < 1.29 is 19.1 Å². The summed E-state index contributed by atoms with van der Waals surface area (Å²) < 4.78 is 11.0. The van der Waals surface area contributed by atoms with Crippen LogP contribution in [-0.2, 0) is 0 Å². The fourth-order valence-electron chi connectivity index (χ4n) is 3.51. The Morgan fingerprint density at radius 3 is 2.10 bits per heavy atom. The SMILES string of the molecule is COc1cc(N)ccc1OCCCCCCCCN1C(=O)c2ccccc2C1=O. The number of benzene rings is 2. The summed E-state index contributed by atoms with van der Waals surface area (Å²) in [6.45, 7) is 1.13. The van der Waals surface area contributed by atoms with E-state index >= 15 is 0 Å². The Labute approximate surface area is 171 Å². The number of rotatable bonds is 11. The Morgan fingerprint density at radius 2 is 1.45 bits per heavy atom. The van der Waals surface area contributed by atoms with Crippen molar-refractivity contribution in [3.8, 4) is 11.5 Å². The van der Waals surface area contributed by atoms with E-state index in [2.05, 4.69) is 0 Å². The first-order valence-corrected chi connectivity index (χ1v) is 10.1. The molecular weight excluding hydrogens is 368 g/mol. The van der Waals surface area contributed by atoms with Crippen molar-refractivity contribution in [2.45, 2.75) is 38.5 Å². The highest BCUT2D eigenvalue weighted by molar-refractivity contribution is 6.21. The van der Waals surface area contributed by atoms with Gasteiger partial charge in [-0.3, -0.25) is 14.5 Å². The van der Waals surface area contributed by atoms with Gasteiger partial charge in [0.1, 0.15) is 0 Å². The second-order valence-corrected chi connectivity index (χ2v) is 7.19. The van der Waals surface area contributed by atoms with Crippen molar-refractivity contribution in [3.05, 3.63) is 53.6 Å². The molecule has 0 atom stereocenters. The number of hydrogen-bond acceptors (Lipinski definition) is 5. The van der Waals surface area contributed by atoms with Gasteiger partial charge in [-0.05, 0) is 37.1 Å². The summed E-state index contributed by atoms with van der Waals surface area (Å²) in [5.74, 6) is 1.03. The number of carbonyl (C=O) groups is 2. The lowest BCUT2D eigenvalue weighted by atomic mass is 10.1. The van der Waals surface area contributed by atoms with Gasteiger partial charge in [-0.25, -0.2) is 0 Å². The largest absolute Gasteiger partial charge is 0.493 e. The van der Waals surface area contributed by atoms with Gasteiger partial charge in [0.2, 0.25) is 0 Å². The minimum absolute atomic E-state index is 0.166. The summed E-state index contributed by atoms with van der Waals surface area (Å²) in [5.41, 5.74) is 7.43. The van der Waals surface area contributed by atoms with Gasteiger partial charge in [-0.2, -0.15) is 0 Å². The molecule has 2 amide bonds. The smallest absolute Gasteiger partial charge is 0.261 e. The lowest BCUT2D eigenvalue weighted by Crippen LogP contribution is -2.30. The molecule has 29 heavy (non-hydrogen) atoms. The normalized spacial score (nSPS) is 12.9. The molecule has 2 N–H and O–H groups in total. The number of nitrogen functional groups attached to an aromatic ring is 1. The maximum Gasteiger partial charge on any atom is 0.261 e. The monoisotopic (exact) mass is 396 g/mol. The van der Waals surface area contributed by atoms with E-state index in [0.717, 1.165) is 38.5 Å². The van der Waals surface area contributed by atoms with Crippen molar-refractivity contribution in [2.24, 2.45) is 0 Å². The molecule has 0 spiro atoms. The molecule has 1 aliphatic heterocycles. The summed E-state index contributed by atoms with van der Waals surface area (Å²) in [5, 5.41) is 0. The van der Waals surface area contributed by atoms with Crippen LogP contribution in [0.25, 0.3) is 0 Å². The zero-order valence-electron chi connectivity index (χ0n) is 16.9. The zero-order valence-corrected chi connectivity index (χ0v) is 16.9. The fraction of sp³-hybridized carbons (Fsp3) is 0.391. The molecule has 6 heteroatoms. The van der Waals surface area contributed by atoms with Crippen molar-refractivity contribution in [1.82, 2.24) is 4.90 Å². The predicted octanol–water partition coefficient (Wildman–Crippen LogP) is 4.29. The van der Waals surface area contributed by atoms with Crippen LogP contribution < -0.4 is 15.2 Å². The Bertz CT molecular complexity index is 831. The minimum atomic E-state index is -0.166. The van der Waals surface area contributed by atoms with Crippen LogP contribution in [0.2, 0.25) is 0 Å². The standard InChI is InChI=1S/C23H28N2O4/c1-28-21-16-17(24)12-13-20(21)29-15-9-5-3-2-4-8-14-25-22(26)18-10-6-7-11-19(18)23(25)27/h6-7,10-13,16H,2-5,8-9,14-15,24H2,1H3. The molecule has 3 rings (SSSR count). The summed E-state index contributed by atoms with van der Waals surface area (Å²) in [7, 11) is 1.60. The van der Waals surface area contributed by atoms with Gasteiger partial charge in [-0.1, -0.05) is 37.8 Å². The maximum atomic E-state index is 12.3. The first kappa shape index (κ1) is 20.7. The summed E-state index contributed by atoms with van der Waals surface area (Å²) >= 11 is 0. The highest BCUT2D eigenvalue weighted by Crippen LogP contribution is 2.29. The van der Waals surface area contributed by atoms with E-state index in [1.165, 1.54) is 4.90 Å². The average Bonchev–Trinajstić information content (AvgIpc) is 2.98. The zero-order chi connectivity index (χ0) is 20.6. The second kappa shape index (κ2) is 9.96. The molecule has 1 heterocycles. The number of methoxy groups -OCH3 is 1. The third-order valence-corrected chi connectivity index (χ3v) is 5.10. The lowest BCUT2D eigenvalue weighted by Gasteiger charge is -2.13. The highest BCUT2D eigenvalue weighted by atomic mass is 16.5. The van der Waals surface area contributed by atoms with Gasteiger partial charge in [0.25, 0.3) is 11.8 Å². The van der Waals surface area contributed by atoms with Crippen LogP contribution in [0, 0.1) is 0 Å². The van der Waals surface area contributed by atoms with Crippen LogP contribution >= 0.6 is 0 Å². The fourth-order valence-corrected chi connectivity index (χ4v) is 3.51. The number of carbonyl (C=O) groups excluding carboxylic acids is 2. The molecule has 0 radical (unpaired) electrons. The van der Waals surface area contributed by atoms with Crippen molar-refractivity contribution >= 4 is 17.5 Å². The van der Waals surface area contributed by atoms with Crippen LogP contribution in [0.5, 0.6) is 11.5 Å². The Morgan fingerprint density at radius 1 is 0.828 bits per heavy atom. The number of imide groups is 1. The number of hydrogen-bond donors (Lipinski definition) is 1. The van der Waals surface area contributed by atoms with Crippen molar-refractivity contribution in [1.29, 1.82) is 0 Å². The van der Waals surface area contributed by atoms with Crippen molar-refractivity contribution in [2.75, 3.05) is 26.0 Å². The van der Waals surface area contributed by atoms with Crippen LogP contribution in [0.4, 0.5) is 5.69 Å². The molecule has 0 unspecified atom stereocenters. The molecule has 2 aromatic carbocycles. The van der Waals surface area contributed by atoms with Gasteiger partial charge in [-0.15, -0.1) is 0 Å². The molecule has 0 saturated carbocycles. The topological polar surface area (TPSA) is 81.9 Å². The third-order valence-electron chi connectivity index (χ3n) is 5.10. The van der Waals surface area contributed by atoms with Crippen LogP contribution in [0.1, 0.15) is 59.2 Å². The van der Waals surface area contributed by atoms with E-state index in [0.29, 0.717) is 41.5 Å². The van der Waals surface area contributed by atoms with Crippen LogP contribution in [0.15, 0.2) is 42.5 Å². The van der Waals surface area contributed by atoms with Gasteiger partial charge in [0, 0.05) is 18.3 Å². The van der Waals surface area contributed by atoms with E-state index in [1.807, 2.05) is 6.07 Å². The Kier molecular flexibility index (Phi) is 7.11. The first-order valence-electron chi connectivity index (χ1n) is 10.1. The number of ether oxygens (including phenoxy) is 2. The quantitative estimate of drug-likeness (QED) is 0.348. The highest BCUT2D eigenvalue weighted by Gasteiger charge is 2.34. The molecule has 2 aromatic rings. The van der Waals surface area contributed by atoms with E-state index in [9.17, 15) is 9.59 Å². The second-order valence-electron chi connectivity index (χ2n) is 7.19. The van der Waals surface area contributed by atoms with E-state index in [-0.39, 0.29) is 11.8 Å². The molecule has 0 bridgehead atoms. The number of anilines is 1. The molecule has 154 valence electrons. The first-order chi connectivity index (χ1) is 14.1. The number of fused-ring (bicyclic) bond motifs is 1. The minimum Gasteiger partial charge on any atom is -0.493 e.